The van der Waals surface area contributed by atoms with E-state index in [4.69, 9.17) is 16.3 Å². The lowest BCUT2D eigenvalue weighted by atomic mass is 10.0. The Bertz CT molecular complexity index is 1170. The highest BCUT2D eigenvalue weighted by molar-refractivity contribution is 6.30. The van der Waals surface area contributed by atoms with Gasteiger partial charge in [0.2, 0.25) is 0 Å². The van der Waals surface area contributed by atoms with Crippen molar-refractivity contribution in [1.82, 2.24) is 9.66 Å². The third-order valence-corrected chi connectivity index (χ3v) is 4.54. The van der Waals surface area contributed by atoms with Crippen molar-refractivity contribution < 1.29 is 14.3 Å². The monoisotopic (exact) mass is 405 g/mol. The van der Waals surface area contributed by atoms with Crippen LogP contribution in [-0.4, -0.2) is 28.0 Å². The van der Waals surface area contributed by atoms with Crippen LogP contribution in [0.3, 0.4) is 0 Å². The zero-order chi connectivity index (χ0) is 20.2. The first-order chi connectivity index (χ1) is 14.1. The van der Waals surface area contributed by atoms with Crippen LogP contribution >= 0.6 is 11.6 Å². The number of nitrogens with one attached hydrogen (secondary N) is 1. The molecule has 6 nitrogen and oxygen atoms in total. The van der Waals surface area contributed by atoms with Crippen molar-refractivity contribution in [3.63, 3.8) is 0 Å². The normalized spacial score (nSPS) is 10.7. The second kappa shape index (κ2) is 8.16. The number of ether oxygens (including phenoxy) is 1. The van der Waals surface area contributed by atoms with Crippen molar-refractivity contribution in [2.24, 2.45) is 0 Å². The highest BCUT2D eigenvalue weighted by atomic mass is 35.5. The summed E-state index contributed by atoms with van der Waals surface area (Å²) >= 11 is 5.85. The van der Waals surface area contributed by atoms with Crippen molar-refractivity contribution in [2.75, 3.05) is 12.0 Å². The minimum absolute atomic E-state index is 0.113. The quantitative estimate of drug-likeness (QED) is 0.491. The van der Waals surface area contributed by atoms with Gasteiger partial charge in [0.25, 0.3) is 5.91 Å². The molecule has 0 spiro atoms. The third-order valence-electron chi connectivity index (χ3n) is 4.29. The number of ketones is 1. The first kappa shape index (κ1) is 18.7. The van der Waals surface area contributed by atoms with Crippen LogP contribution in [0.25, 0.3) is 11.0 Å². The number of amides is 1. The average molecular weight is 406 g/mol. The van der Waals surface area contributed by atoms with E-state index in [1.165, 1.54) is 0 Å². The number of para-hydroxylation sites is 2. The van der Waals surface area contributed by atoms with Gasteiger partial charge in [0.1, 0.15) is 12.1 Å². The minimum atomic E-state index is -0.325. The summed E-state index contributed by atoms with van der Waals surface area (Å²) in [6, 6.07) is 20.8. The molecule has 1 aromatic heterocycles. The predicted molar refractivity (Wildman–Crippen MR) is 111 cm³/mol. The van der Waals surface area contributed by atoms with Crippen LogP contribution in [0.2, 0.25) is 5.02 Å². The number of rotatable bonds is 6. The van der Waals surface area contributed by atoms with Crippen LogP contribution in [0.5, 0.6) is 5.75 Å². The number of aromatic nitrogens is 2. The Morgan fingerprint density at radius 2 is 1.59 bits per heavy atom. The Balaban J connectivity index is 1.35. The zero-order valence-electron chi connectivity index (χ0n) is 15.2. The van der Waals surface area contributed by atoms with Gasteiger partial charge in [0.05, 0.1) is 11.0 Å². The summed E-state index contributed by atoms with van der Waals surface area (Å²) < 4.78 is 7.06. The molecule has 4 aromatic rings. The number of hydrogen-bond acceptors (Lipinski definition) is 4. The van der Waals surface area contributed by atoms with Gasteiger partial charge in [-0.25, -0.2) is 9.66 Å². The molecule has 0 saturated carbocycles. The maximum Gasteiger partial charge on any atom is 0.276 e. The van der Waals surface area contributed by atoms with Crippen LogP contribution in [-0.2, 0) is 4.79 Å². The van der Waals surface area contributed by atoms with E-state index < -0.39 is 0 Å². The number of benzene rings is 3. The van der Waals surface area contributed by atoms with E-state index in [9.17, 15) is 9.59 Å². The van der Waals surface area contributed by atoms with Gasteiger partial charge in [-0.3, -0.25) is 15.0 Å². The van der Waals surface area contributed by atoms with Crippen LogP contribution in [0, 0.1) is 0 Å². The summed E-state index contributed by atoms with van der Waals surface area (Å²) in [5.41, 5.74) is 5.37. The van der Waals surface area contributed by atoms with Gasteiger partial charge in [-0.1, -0.05) is 23.7 Å². The SMILES string of the molecule is O=C(COc1ccc(C(=O)c2ccc(Cl)cc2)cc1)Nn1cnc2ccccc21. The molecule has 144 valence electrons. The zero-order valence-corrected chi connectivity index (χ0v) is 16.0. The predicted octanol–water partition coefficient (Wildman–Crippen LogP) is 4.07. The molecule has 4 rings (SSSR count). The molecule has 7 heteroatoms. The lowest BCUT2D eigenvalue weighted by molar-refractivity contribution is -0.119. The number of carbonyl (C=O) groups is 2. The van der Waals surface area contributed by atoms with Crippen molar-refractivity contribution in [1.29, 1.82) is 0 Å². The lowest BCUT2D eigenvalue weighted by Crippen LogP contribution is -2.27. The molecule has 1 amide bonds. The number of fused-ring (bicyclic) bond motifs is 1. The first-order valence-electron chi connectivity index (χ1n) is 8.85. The molecule has 0 fully saturated rings. The number of nitrogens with zero attached hydrogens (tertiary/aromatic N) is 2. The Labute approximate surface area is 171 Å². The second-order valence-electron chi connectivity index (χ2n) is 6.29. The van der Waals surface area contributed by atoms with Crippen molar-refractivity contribution in [2.45, 2.75) is 0 Å². The fourth-order valence-corrected chi connectivity index (χ4v) is 2.96. The maximum absolute atomic E-state index is 12.5. The van der Waals surface area contributed by atoms with Crippen molar-refractivity contribution >= 4 is 34.3 Å². The van der Waals surface area contributed by atoms with Gasteiger partial charge in [0, 0.05) is 16.1 Å². The number of imidazole rings is 1. The Morgan fingerprint density at radius 1 is 0.931 bits per heavy atom. The number of halogens is 1. The Hall–Kier alpha value is -3.64. The molecule has 0 aliphatic rings. The molecule has 0 unspecified atom stereocenters. The van der Waals surface area contributed by atoms with Gasteiger partial charge in [0.15, 0.2) is 12.4 Å². The molecular formula is C22H16ClN3O3. The first-order valence-corrected chi connectivity index (χ1v) is 9.23. The average Bonchev–Trinajstić information content (AvgIpc) is 3.15. The van der Waals surface area contributed by atoms with E-state index in [0.717, 1.165) is 11.0 Å². The van der Waals surface area contributed by atoms with Gasteiger partial charge >= 0.3 is 0 Å². The van der Waals surface area contributed by atoms with Crippen molar-refractivity contribution in [3.8, 4) is 5.75 Å². The lowest BCUT2D eigenvalue weighted by Gasteiger charge is -2.09. The summed E-state index contributed by atoms with van der Waals surface area (Å²) in [4.78, 5) is 28.8. The topological polar surface area (TPSA) is 73.2 Å². The standard InChI is InChI=1S/C22H16ClN3O3/c23-17-9-5-15(6-10-17)22(28)16-7-11-18(12-8-16)29-13-21(27)25-26-14-24-19-3-1-2-4-20(19)26/h1-12,14H,13H2,(H,25,27). The molecule has 1 heterocycles. The van der Waals surface area contributed by atoms with E-state index in [0.29, 0.717) is 21.9 Å². The van der Waals surface area contributed by atoms with E-state index in [-0.39, 0.29) is 18.3 Å². The van der Waals surface area contributed by atoms with Crippen LogP contribution < -0.4 is 10.2 Å². The molecule has 0 bridgehead atoms. The molecule has 1 N–H and O–H groups in total. The Morgan fingerprint density at radius 3 is 2.31 bits per heavy atom. The smallest absolute Gasteiger partial charge is 0.276 e. The van der Waals surface area contributed by atoms with Gasteiger partial charge in [-0.2, -0.15) is 0 Å². The Kier molecular flexibility index (Phi) is 5.27. The van der Waals surface area contributed by atoms with E-state index in [1.807, 2.05) is 24.3 Å². The molecule has 0 radical (unpaired) electrons. The van der Waals surface area contributed by atoms with Gasteiger partial charge in [-0.05, 0) is 60.7 Å². The fourth-order valence-electron chi connectivity index (χ4n) is 2.83. The summed E-state index contributed by atoms with van der Waals surface area (Å²) in [5.74, 6) is 0.0516. The highest BCUT2D eigenvalue weighted by Gasteiger charge is 2.10. The van der Waals surface area contributed by atoms with E-state index >= 15 is 0 Å². The molecule has 0 saturated heterocycles. The van der Waals surface area contributed by atoms with Crippen LogP contribution in [0.4, 0.5) is 0 Å². The summed E-state index contributed by atoms with van der Waals surface area (Å²) in [6.07, 6.45) is 1.54. The van der Waals surface area contributed by atoms with E-state index in [2.05, 4.69) is 10.4 Å². The molecule has 3 aromatic carbocycles. The molecule has 0 aliphatic heterocycles. The van der Waals surface area contributed by atoms with Crippen molar-refractivity contribution in [3.05, 3.63) is 95.3 Å². The molecular weight excluding hydrogens is 390 g/mol. The molecule has 0 aliphatic carbocycles. The second-order valence-corrected chi connectivity index (χ2v) is 6.72. The van der Waals surface area contributed by atoms with Crippen LogP contribution in [0.1, 0.15) is 15.9 Å². The minimum Gasteiger partial charge on any atom is -0.484 e. The number of hydrogen-bond donors (Lipinski definition) is 1. The third kappa shape index (κ3) is 4.28. The summed E-state index contributed by atoms with van der Waals surface area (Å²) in [5, 5.41) is 0.576. The summed E-state index contributed by atoms with van der Waals surface area (Å²) in [6.45, 7) is -0.170. The maximum atomic E-state index is 12.5. The largest absolute Gasteiger partial charge is 0.484 e. The summed E-state index contributed by atoms with van der Waals surface area (Å²) in [7, 11) is 0. The molecule has 0 atom stereocenters. The number of carbonyl (C=O) groups excluding carboxylic acids is 2. The molecule has 29 heavy (non-hydrogen) atoms. The van der Waals surface area contributed by atoms with Gasteiger partial charge < -0.3 is 4.74 Å². The van der Waals surface area contributed by atoms with Crippen LogP contribution in [0.15, 0.2) is 79.1 Å². The fraction of sp³-hybridized carbons (Fsp3) is 0.0455. The van der Waals surface area contributed by atoms with Gasteiger partial charge in [-0.15, -0.1) is 0 Å². The highest BCUT2D eigenvalue weighted by Crippen LogP contribution is 2.17. The van der Waals surface area contributed by atoms with E-state index in [1.54, 1.807) is 59.5 Å².